The molecule has 0 radical (unpaired) electrons. The minimum absolute atomic E-state index is 0.0409. The number of carbonyl (C=O) groups is 2. The Balaban J connectivity index is 3.27. The second-order valence-electron chi connectivity index (χ2n) is 4.96. The lowest BCUT2D eigenvalue weighted by molar-refractivity contribution is -0.139. The standard InChI is InChI=1S/C14H19NO5S/c1-5-12(14(17)18)15-13(16)11-7-10(21(4,19)20)6-8(2)9(11)3/h6-7,12H,5H2,1-4H3,(H,15,16)(H,17,18). The van der Waals surface area contributed by atoms with Crippen LogP contribution in [0.25, 0.3) is 0 Å². The molecule has 116 valence electrons. The molecule has 0 fully saturated rings. The highest BCUT2D eigenvalue weighted by atomic mass is 32.2. The molecule has 1 rings (SSSR count). The van der Waals surface area contributed by atoms with E-state index in [9.17, 15) is 18.0 Å². The summed E-state index contributed by atoms with van der Waals surface area (Å²) in [4.78, 5) is 23.2. The number of carboxylic acid groups (broad SMARTS) is 1. The lowest BCUT2D eigenvalue weighted by atomic mass is 10.0. The quantitative estimate of drug-likeness (QED) is 0.853. The van der Waals surface area contributed by atoms with Crippen molar-refractivity contribution in [3.8, 4) is 0 Å². The van der Waals surface area contributed by atoms with E-state index in [2.05, 4.69) is 5.32 Å². The Morgan fingerprint density at radius 3 is 2.29 bits per heavy atom. The lowest BCUT2D eigenvalue weighted by Crippen LogP contribution is -2.40. The summed E-state index contributed by atoms with van der Waals surface area (Å²) in [5, 5.41) is 11.4. The topological polar surface area (TPSA) is 101 Å². The van der Waals surface area contributed by atoms with E-state index in [0.29, 0.717) is 11.1 Å². The van der Waals surface area contributed by atoms with E-state index in [1.807, 2.05) is 0 Å². The number of amides is 1. The van der Waals surface area contributed by atoms with Crippen LogP contribution in [0, 0.1) is 13.8 Å². The fourth-order valence-electron chi connectivity index (χ4n) is 1.85. The molecule has 2 N–H and O–H groups in total. The van der Waals surface area contributed by atoms with Gasteiger partial charge in [-0.25, -0.2) is 13.2 Å². The van der Waals surface area contributed by atoms with Gasteiger partial charge in [-0.15, -0.1) is 0 Å². The van der Waals surface area contributed by atoms with Gasteiger partial charge < -0.3 is 10.4 Å². The maximum Gasteiger partial charge on any atom is 0.326 e. The number of hydrogen-bond donors (Lipinski definition) is 2. The number of rotatable bonds is 5. The first-order chi connectivity index (χ1) is 9.57. The van der Waals surface area contributed by atoms with Gasteiger partial charge >= 0.3 is 5.97 Å². The smallest absolute Gasteiger partial charge is 0.326 e. The molecule has 0 spiro atoms. The predicted octanol–water partition coefficient (Wildman–Crippen LogP) is 1.30. The molecule has 0 aliphatic carbocycles. The van der Waals surface area contributed by atoms with Crippen molar-refractivity contribution in [1.29, 1.82) is 0 Å². The van der Waals surface area contributed by atoms with Crippen molar-refractivity contribution in [1.82, 2.24) is 5.32 Å². The predicted molar refractivity (Wildman–Crippen MR) is 78.2 cm³/mol. The highest BCUT2D eigenvalue weighted by Gasteiger charge is 2.21. The summed E-state index contributed by atoms with van der Waals surface area (Å²) >= 11 is 0. The summed E-state index contributed by atoms with van der Waals surface area (Å²) in [6.07, 6.45) is 1.30. The van der Waals surface area contributed by atoms with E-state index in [0.717, 1.165) is 6.26 Å². The zero-order chi connectivity index (χ0) is 16.4. The van der Waals surface area contributed by atoms with E-state index in [4.69, 9.17) is 5.11 Å². The molecule has 21 heavy (non-hydrogen) atoms. The number of sulfone groups is 1. The third kappa shape index (κ3) is 4.04. The SMILES string of the molecule is CCC(NC(=O)c1cc(S(C)(=O)=O)cc(C)c1C)C(=O)O. The number of carboxylic acids is 1. The van der Waals surface area contributed by atoms with Crippen LogP contribution < -0.4 is 5.32 Å². The Morgan fingerprint density at radius 2 is 1.86 bits per heavy atom. The molecule has 7 heteroatoms. The molecule has 1 aromatic rings. The van der Waals surface area contributed by atoms with Crippen molar-refractivity contribution in [2.24, 2.45) is 0 Å². The molecule has 0 saturated carbocycles. The number of benzene rings is 1. The van der Waals surface area contributed by atoms with Gasteiger partial charge in [-0.2, -0.15) is 0 Å². The lowest BCUT2D eigenvalue weighted by Gasteiger charge is -2.15. The van der Waals surface area contributed by atoms with Gasteiger partial charge in [0.05, 0.1) is 4.90 Å². The highest BCUT2D eigenvalue weighted by Crippen LogP contribution is 2.20. The van der Waals surface area contributed by atoms with Crippen molar-refractivity contribution < 1.29 is 23.1 Å². The Hall–Kier alpha value is -1.89. The van der Waals surface area contributed by atoms with Gasteiger partial charge in [0.25, 0.3) is 5.91 Å². The maximum absolute atomic E-state index is 12.2. The van der Waals surface area contributed by atoms with E-state index in [1.165, 1.54) is 12.1 Å². The molecule has 1 atom stereocenters. The molecular formula is C14H19NO5S. The van der Waals surface area contributed by atoms with Gasteiger partial charge in [-0.05, 0) is 43.5 Å². The van der Waals surface area contributed by atoms with Crippen LogP contribution in [-0.2, 0) is 14.6 Å². The summed E-state index contributed by atoms with van der Waals surface area (Å²) < 4.78 is 23.3. The number of aryl methyl sites for hydroxylation is 1. The Kier molecular flexibility index (Phi) is 5.11. The molecule has 0 aliphatic heterocycles. The zero-order valence-corrected chi connectivity index (χ0v) is 13.2. The Bertz CT molecular complexity index is 679. The van der Waals surface area contributed by atoms with Gasteiger partial charge in [0, 0.05) is 11.8 Å². The number of aliphatic carboxylic acids is 1. The number of hydrogen-bond acceptors (Lipinski definition) is 4. The highest BCUT2D eigenvalue weighted by molar-refractivity contribution is 7.90. The van der Waals surface area contributed by atoms with E-state index in [-0.39, 0.29) is 16.9 Å². The zero-order valence-electron chi connectivity index (χ0n) is 12.4. The van der Waals surface area contributed by atoms with Gasteiger partial charge in [0.15, 0.2) is 9.84 Å². The molecule has 1 aromatic carbocycles. The van der Waals surface area contributed by atoms with Crippen molar-refractivity contribution >= 4 is 21.7 Å². The molecule has 1 unspecified atom stereocenters. The molecule has 0 aromatic heterocycles. The summed E-state index contributed by atoms with van der Waals surface area (Å²) in [5.74, 6) is -1.71. The summed E-state index contributed by atoms with van der Waals surface area (Å²) in [5.41, 5.74) is 1.46. The number of nitrogens with one attached hydrogen (secondary N) is 1. The largest absolute Gasteiger partial charge is 0.480 e. The van der Waals surface area contributed by atoms with E-state index >= 15 is 0 Å². The monoisotopic (exact) mass is 313 g/mol. The van der Waals surface area contributed by atoms with Crippen LogP contribution in [0.15, 0.2) is 17.0 Å². The van der Waals surface area contributed by atoms with Gasteiger partial charge in [0.1, 0.15) is 6.04 Å². The molecule has 0 bridgehead atoms. The fraction of sp³-hybridized carbons (Fsp3) is 0.429. The van der Waals surface area contributed by atoms with Crippen molar-refractivity contribution in [2.45, 2.75) is 38.1 Å². The molecule has 1 amide bonds. The normalized spacial score (nSPS) is 12.8. The first-order valence-electron chi connectivity index (χ1n) is 6.42. The van der Waals surface area contributed by atoms with Crippen LogP contribution in [0.2, 0.25) is 0 Å². The van der Waals surface area contributed by atoms with E-state index in [1.54, 1.807) is 20.8 Å². The van der Waals surface area contributed by atoms with Crippen LogP contribution in [0.4, 0.5) is 0 Å². The second-order valence-corrected chi connectivity index (χ2v) is 6.97. The van der Waals surface area contributed by atoms with Crippen LogP contribution in [0.1, 0.15) is 34.8 Å². The first kappa shape index (κ1) is 17.2. The molecular weight excluding hydrogens is 294 g/mol. The fourth-order valence-corrected chi connectivity index (χ4v) is 2.57. The minimum atomic E-state index is -3.44. The third-order valence-corrected chi connectivity index (χ3v) is 4.42. The molecule has 0 aliphatic rings. The summed E-state index contributed by atoms with van der Waals surface area (Å²) in [6, 6.07) is 1.77. The second kappa shape index (κ2) is 6.26. The summed E-state index contributed by atoms with van der Waals surface area (Å²) in [7, 11) is -3.44. The average molecular weight is 313 g/mol. The number of carbonyl (C=O) groups excluding carboxylic acids is 1. The van der Waals surface area contributed by atoms with Crippen molar-refractivity contribution in [2.75, 3.05) is 6.26 Å². The van der Waals surface area contributed by atoms with Gasteiger partial charge in [-0.3, -0.25) is 4.79 Å². The Labute approximate surface area is 124 Å². The molecule has 0 heterocycles. The maximum atomic E-state index is 12.2. The van der Waals surface area contributed by atoms with Gasteiger partial charge in [0.2, 0.25) is 0 Å². The van der Waals surface area contributed by atoms with Crippen LogP contribution >= 0.6 is 0 Å². The van der Waals surface area contributed by atoms with Crippen molar-refractivity contribution in [3.63, 3.8) is 0 Å². The van der Waals surface area contributed by atoms with Crippen LogP contribution in [0.3, 0.4) is 0 Å². The van der Waals surface area contributed by atoms with Crippen LogP contribution in [0.5, 0.6) is 0 Å². The average Bonchev–Trinajstić information content (AvgIpc) is 2.36. The van der Waals surface area contributed by atoms with Gasteiger partial charge in [-0.1, -0.05) is 6.92 Å². The van der Waals surface area contributed by atoms with Crippen molar-refractivity contribution in [3.05, 3.63) is 28.8 Å². The Morgan fingerprint density at radius 1 is 1.29 bits per heavy atom. The van der Waals surface area contributed by atoms with E-state index < -0.39 is 27.8 Å². The first-order valence-corrected chi connectivity index (χ1v) is 8.32. The summed E-state index contributed by atoms with van der Waals surface area (Å²) in [6.45, 7) is 5.04. The molecule has 0 saturated heterocycles. The van der Waals surface area contributed by atoms with Crippen LogP contribution in [-0.4, -0.2) is 37.7 Å². The third-order valence-electron chi connectivity index (χ3n) is 3.33. The molecule has 6 nitrogen and oxygen atoms in total. The minimum Gasteiger partial charge on any atom is -0.480 e.